The molecule has 5 nitrogen and oxygen atoms in total. The lowest BCUT2D eigenvalue weighted by Gasteiger charge is -2.33. The van der Waals surface area contributed by atoms with Crippen LogP contribution in [0.5, 0.6) is 0 Å². The van der Waals surface area contributed by atoms with Gasteiger partial charge in [0.2, 0.25) is 5.95 Å². The van der Waals surface area contributed by atoms with E-state index in [1.165, 1.54) is 33.4 Å². The molecule has 0 radical (unpaired) electrons. The van der Waals surface area contributed by atoms with E-state index in [-0.39, 0.29) is 11.5 Å². The first-order valence-electron chi connectivity index (χ1n) is 13.8. The number of allylic oxidation sites excluding steroid dienone is 1. The number of nitrogens with one attached hydrogen (secondary N) is 1. The van der Waals surface area contributed by atoms with Crippen LogP contribution in [0, 0.1) is 6.92 Å². The number of hydrogen-bond donors (Lipinski definition) is 1. The molecule has 204 valence electrons. The standard InChI is InChI=1S/C34H43N5/c1-24-9-13-29(14-10-24)26(3)32(39-20-18-28(21-25(39)2)23-38(7)8)31-17-19-35-33(37-31)36-22-27-11-15-30(16-12-27)34(4,5)6/h9-21,25H,22-23H2,1-8H3,(H,35,36,37)/b32-26+. The van der Waals surface area contributed by atoms with Crippen molar-refractivity contribution in [2.45, 2.75) is 59.5 Å². The molecule has 1 aliphatic heterocycles. The third kappa shape index (κ3) is 7.24. The Bertz CT molecular complexity index is 1360. The highest BCUT2D eigenvalue weighted by Gasteiger charge is 2.23. The van der Waals surface area contributed by atoms with Crippen molar-refractivity contribution >= 4 is 17.2 Å². The molecule has 0 saturated heterocycles. The minimum Gasteiger partial charge on any atom is -0.350 e. The summed E-state index contributed by atoms with van der Waals surface area (Å²) < 4.78 is 0. The molecule has 39 heavy (non-hydrogen) atoms. The predicted molar refractivity (Wildman–Crippen MR) is 165 cm³/mol. The smallest absolute Gasteiger partial charge is 0.223 e. The number of nitrogens with zero attached hydrogens (tertiary/aromatic N) is 4. The SMILES string of the molecule is C/C(=C(/c1ccnc(NCc2ccc(C(C)(C)C)cc2)n1)N1C=CC(CN(C)C)=CC1C)c1ccc(C)cc1. The summed E-state index contributed by atoms with van der Waals surface area (Å²) in [6.07, 6.45) is 8.60. The second-order valence-electron chi connectivity index (χ2n) is 11.8. The highest BCUT2D eigenvalue weighted by Crippen LogP contribution is 2.33. The van der Waals surface area contributed by atoms with Crippen LogP contribution in [0.1, 0.15) is 62.6 Å². The van der Waals surface area contributed by atoms with Gasteiger partial charge >= 0.3 is 0 Å². The number of rotatable bonds is 8. The monoisotopic (exact) mass is 521 g/mol. The summed E-state index contributed by atoms with van der Waals surface area (Å²) >= 11 is 0. The zero-order chi connectivity index (χ0) is 28.2. The molecule has 5 heteroatoms. The molecule has 1 aliphatic rings. The number of aryl methyl sites for hydroxylation is 1. The fraction of sp³-hybridized carbons (Fsp3) is 0.353. The lowest BCUT2D eigenvalue weighted by atomic mass is 9.87. The minimum atomic E-state index is 0.143. The Morgan fingerprint density at radius 3 is 2.31 bits per heavy atom. The third-order valence-corrected chi connectivity index (χ3v) is 7.11. The van der Waals surface area contributed by atoms with Crippen LogP contribution in [0.25, 0.3) is 11.3 Å². The Labute approximate surface area is 235 Å². The second kappa shape index (κ2) is 12.0. The van der Waals surface area contributed by atoms with Gasteiger partial charge in [-0.25, -0.2) is 9.97 Å². The van der Waals surface area contributed by atoms with Crippen LogP contribution in [-0.4, -0.2) is 46.4 Å². The van der Waals surface area contributed by atoms with Crippen molar-refractivity contribution in [2.24, 2.45) is 0 Å². The van der Waals surface area contributed by atoms with Gasteiger partial charge in [0, 0.05) is 31.5 Å². The largest absolute Gasteiger partial charge is 0.350 e. The van der Waals surface area contributed by atoms with Crippen LogP contribution in [0.4, 0.5) is 5.95 Å². The van der Waals surface area contributed by atoms with Gasteiger partial charge in [0.25, 0.3) is 0 Å². The quantitative estimate of drug-likeness (QED) is 0.337. The Morgan fingerprint density at radius 1 is 1.00 bits per heavy atom. The maximum absolute atomic E-state index is 5.00. The topological polar surface area (TPSA) is 44.3 Å². The maximum atomic E-state index is 5.00. The van der Waals surface area contributed by atoms with Gasteiger partial charge in [-0.1, -0.05) is 80.9 Å². The van der Waals surface area contributed by atoms with Crippen molar-refractivity contribution in [1.29, 1.82) is 0 Å². The molecule has 0 fully saturated rings. The molecular formula is C34H43N5. The average Bonchev–Trinajstić information content (AvgIpc) is 2.89. The molecule has 0 aliphatic carbocycles. The second-order valence-corrected chi connectivity index (χ2v) is 11.8. The van der Waals surface area contributed by atoms with E-state index in [9.17, 15) is 0 Å². The lowest BCUT2D eigenvalue weighted by molar-refractivity contribution is 0.430. The van der Waals surface area contributed by atoms with E-state index in [1.807, 2.05) is 12.3 Å². The molecule has 1 atom stereocenters. The van der Waals surface area contributed by atoms with Gasteiger partial charge in [-0.3, -0.25) is 0 Å². The van der Waals surface area contributed by atoms with E-state index in [4.69, 9.17) is 4.98 Å². The molecule has 2 heterocycles. The van der Waals surface area contributed by atoms with Gasteiger partial charge in [-0.05, 0) is 80.3 Å². The molecule has 4 rings (SSSR count). The summed E-state index contributed by atoms with van der Waals surface area (Å²) in [5.74, 6) is 0.624. The highest BCUT2D eigenvalue weighted by atomic mass is 15.2. The summed E-state index contributed by atoms with van der Waals surface area (Å²) in [6.45, 7) is 14.8. The van der Waals surface area contributed by atoms with E-state index in [2.05, 4.69) is 143 Å². The number of hydrogen-bond acceptors (Lipinski definition) is 5. The van der Waals surface area contributed by atoms with Crippen LogP contribution < -0.4 is 5.32 Å². The van der Waals surface area contributed by atoms with Gasteiger partial charge in [0.05, 0.1) is 11.4 Å². The van der Waals surface area contributed by atoms with Gasteiger partial charge in [-0.2, -0.15) is 0 Å². The van der Waals surface area contributed by atoms with Gasteiger partial charge in [-0.15, -0.1) is 0 Å². The van der Waals surface area contributed by atoms with Crippen LogP contribution in [0.15, 0.2) is 84.7 Å². The fourth-order valence-electron chi connectivity index (χ4n) is 4.84. The van der Waals surface area contributed by atoms with Crippen molar-refractivity contribution < 1.29 is 0 Å². The van der Waals surface area contributed by atoms with Crippen LogP contribution in [-0.2, 0) is 12.0 Å². The number of benzene rings is 2. The lowest BCUT2D eigenvalue weighted by Crippen LogP contribution is -2.30. The molecule has 0 bridgehead atoms. The fourth-order valence-corrected chi connectivity index (χ4v) is 4.84. The summed E-state index contributed by atoms with van der Waals surface area (Å²) in [4.78, 5) is 14.1. The molecule has 0 amide bonds. The van der Waals surface area contributed by atoms with Gasteiger partial charge in [0.15, 0.2) is 0 Å². The third-order valence-electron chi connectivity index (χ3n) is 7.11. The normalized spacial score (nSPS) is 16.3. The Kier molecular flexibility index (Phi) is 8.71. The predicted octanol–water partition coefficient (Wildman–Crippen LogP) is 7.29. The Balaban J connectivity index is 1.65. The Morgan fingerprint density at radius 2 is 1.69 bits per heavy atom. The first-order valence-corrected chi connectivity index (χ1v) is 13.8. The first kappa shape index (κ1) is 28.3. The van der Waals surface area contributed by atoms with Crippen molar-refractivity contribution in [3.63, 3.8) is 0 Å². The molecule has 1 N–H and O–H groups in total. The average molecular weight is 522 g/mol. The number of likely N-dealkylation sites (N-methyl/N-ethyl adjacent to an activating group) is 1. The first-order chi connectivity index (χ1) is 18.5. The van der Waals surface area contributed by atoms with Crippen molar-refractivity contribution in [2.75, 3.05) is 26.0 Å². The summed E-state index contributed by atoms with van der Waals surface area (Å²) in [7, 11) is 4.21. The van der Waals surface area contributed by atoms with Crippen molar-refractivity contribution in [3.8, 4) is 0 Å². The molecule has 1 unspecified atom stereocenters. The minimum absolute atomic E-state index is 0.143. The van der Waals surface area contributed by atoms with Gasteiger partial charge < -0.3 is 15.1 Å². The van der Waals surface area contributed by atoms with E-state index in [1.54, 1.807) is 0 Å². The van der Waals surface area contributed by atoms with Crippen LogP contribution in [0.2, 0.25) is 0 Å². The maximum Gasteiger partial charge on any atom is 0.223 e. The highest BCUT2D eigenvalue weighted by molar-refractivity contribution is 5.88. The summed E-state index contributed by atoms with van der Waals surface area (Å²) in [5.41, 5.74) is 9.59. The zero-order valence-corrected chi connectivity index (χ0v) is 24.8. The number of anilines is 1. The molecule has 2 aromatic carbocycles. The van der Waals surface area contributed by atoms with Crippen molar-refractivity contribution in [3.05, 3.63) is 113 Å². The summed E-state index contributed by atoms with van der Waals surface area (Å²) in [5, 5.41) is 3.44. The number of aromatic nitrogens is 2. The van der Waals surface area contributed by atoms with E-state index in [0.717, 1.165) is 17.9 Å². The van der Waals surface area contributed by atoms with Crippen LogP contribution in [0.3, 0.4) is 0 Å². The van der Waals surface area contributed by atoms with Crippen molar-refractivity contribution in [1.82, 2.24) is 19.8 Å². The molecule has 0 spiro atoms. The summed E-state index contributed by atoms with van der Waals surface area (Å²) in [6, 6.07) is 19.7. The van der Waals surface area contributed by atoms with Gasteiger partial charge in [0.1, 0.15) is 0 Å². The zero-order valence-electron chi connectivity index (χ0n) is 24.8. The van der Waals surface area contributed by atoms with E-state index in [0.29, 0.717) is 12.5 Å². The van der Waals surface area contributed by atoms with E-state index < -0.39 is 0 Å². The molecule has 0 saturated carbocycles. The van der Waals surface area contributed by atoms with E-state index >= 15 is 0 Å². The Hall–Kier alpha value is -3.70. The molecule has 3 aromatic rings. The molecular weight excluding hydrogens is 478 g/mol. The van der Waals surface area contributed by atoms with Crippen LogP contribution >= 0.6 is 0 Å². The molecule has 1 aromatic heterocycles.